The minimum Gasteiger partial charge on any atom is -0.292 e. The lowest BCUT2D eigenvalue weighted by atomic mass is 10.4. The third-order valence-electron chi connectivity index (χ3n) is 1.26. The van der Waals surface area contributed by atoms with E-state index in [4.69, 9.17) is 11.6 Å². The Bertz CT molecular complexity index is 270. The van der Waals surface area contributed by atoms with Crippen molar-refractivity contribution < 1.29 is 4.79 Å². The van der Waals surface area contributed by atoms with E-state index in [-0.39, 0.29) is 11.7 Å². The first-order chi connectivity index (χ1) is 5.77. The zero-order valence-electron chi connectivity index (χ0n) is 6.67. The van der Waals surface area contributed by atoms with Crippen LogP contribution in [0.4, 0.5) is 0 Å². The Hall–Kier alpha value is 0.01000. The summed E-state index contributed by atoms with van der Waals surface area (Å²) in [5, 5.41) is 0. The van der Waals surface area contributed by atoms with Gasteiger partial charge in [-0.05, 0) is 17.9 Å². The molecular weight excluding hydrogens is 212 g/mol. The maximum absolute atomic E-state index is 11.1. The lowest BCUT2D eigenvalue weighted by Gasteiger charge is -1.89. The molecule has 0 atom stereocenters. The molecule has 0 aliphatic rings. The quantitative estimate of drug-likeness (QED) is 0.440. The van der Waals surface area contributed by atoms with Gasteiger partial charge in [-0.3, -0.25) is 4.79 Å². The SMILES string of the molecule is CCSc1ccc(C(=O)CCl)s1. The molecule has 12 heavy (non-hydrogen) atoms. The topological polar surface area (TPSA) is 17.1 Å². The van der Waals surface area contributed by atoms with Gasteiger partial charge in [0.1, 0.15) is 0 Å². The maximum atomic E-state index is 11.1. The normalized spacial score (nSPS) is 10.2. The molecule has 0 saturated heterocycles. The highest BCUT2D eigenvalue weighted by Gasteiger charge is 2.06. The highest BCUT2D eigenvalue weighted by molar-refractivity contribution is 8.01. The summed E-state index contributed by atoms with van der Waals surface area (Å²) in [5.74, 6) is 1.13. The van der Waals surface area contributed by atoms with E-state index in [2.05, 4.69) is 6.92 Å². The summed E-state index contributed by atoms with van der Waals surface area (Å²) >= 11 is 8.69. The van der Waals surface area contributed by atoms with E-state index in [1.165, 1.54) is 15.5 Å². The number of Topliss-reactive ketones (excluding diaryl/α,β-unsaturated/α-hetero) is 1. The molecule has 1 nitrogen and oxygen atoms in total. The number of carbonyl (C=O) groups excluding carboxylic acids is 1. The smallest absolute Gasteiger partial charge is 0.187 e. The Morgan fingerprint density at radius 2 is 2.42 bits per heavy atom. The summed E-state index contributed by atoms with van der Waals surface area (Å²) in [6.07, 6.45) is 0. The van der Waals surface area contributed by atoms with Gasteiger partial charge in [0, 0.05) is 0 Å². The molecule has 0 unspecified atom stereocenters. The fraction of sp³-hybridized carbons (Fsp3) is 0.375. The van der Waals surface area contributed by atoms with Crippen molar-refractivity contribution >= 4 is 40.5 Å². The molecule has 0 N–H and O–H groups in total. The Morgan fingerprint density at radius 3 is 3.00 bits per heavy atom. The fourth-order valence-corrected chi connectivity index (χ4v) is 2.96. The first-order valence-corrected chi connectivity index (χ1v) is 5.93. The van der Waals surface area contributed by atoms with Crippen molar-refractivity contribution in [3.8, 4) is 0 Å². The first-order valence-electron chi connectivity index (χ1n) is 3.59. The standard InChI is InChI=1S/C8H9ClOS2/c1-2-11-8-4-3-7(12-8)6(10)5-9/h3-4H,2,5H2,1H3. The van der Waals surface area contributed by atoms with E-state index < -0.39 is 0 Å². The van der Waals surface area contributed by atoms with E-state index in [9.17, 15) is 4.79 Å². The predicted molar refractivity (Wildman–Crippen MR) is 55.8 cm³/mol. The number of alkyl halides is 1. The number of thiophene rings is 1. The molecule has 4 heteroatoms. The molecule has 0 aliphatic carbocycles. The van der Waals surface area contributed by atoms with Crippen LogP contribution in [0.25, 0.3) is 0 Å². The van der Waals surface area contributed by atoms with Crippen LogP contribution in [0, 0.1) is 0 Å². The average molecular weight is 221 g/mol. The zero-order chi connectivity index (χ0) is 8.97. The van der Waals surface area contributed by atoms with E-state index in [1.54, 1.807) is 11.8 Å². The molecule has 0 spiro atoms. The molecule has 66 valence electrons. The summed E-state index contributed by atoms with van der Waals surface area (Å²) in [5.41, 5.74) is 0. The van der Waals surface area contributed by atoms with Crippen LogP contribution in [0.1, 0.15) is 16.6 Å². The average Bonchev–Trinajstić information content (AvgIpc) is 2.52. The van der Waals surface area contributed by atoms with Gasteiger partial charge in [-0.1, -0.05) is 6.92 Å². The van der Waals surface area contributed by atoms with Crippen LogP contribution in [0.3, 0.4) is 0 Å². The van der Waals surface area contributed by atoms with Gasteiger partial charge in [-0.25, -0.2) is 0 Å². The molecular formula is C8H9ClOS2. The van der Waals surface area contributed by atoms with E-state index >= 15 is 0 Å². The van der Waals surface area contributed by atoms with Gasteiger partial charge in [-0.2, -0.15) is 0 Å². The van der Waals surface area contributed by atoms with Crippen LogP contribution in [0.2, 0.25) is 0 Å². The summed E-state index contributed by atoms with van der Waals surface area (Å²) in [7, 11) is 0. The Kier molecular flexibility index (Phi) is 4.12. The summed E-state index contributed by atoms with van der Waals surface area (Å²) in [6, 6.07) is 3.81. The Labute approximate surface area is 85.1 Å². The largest absolute Gasteiger partial charge is 0.292 e. The molecule has 1 rings (SSSR count). The van der Waals surface area contributed by atoms with Crippen LogP contribution in [0.15, 0.2) is 16.3 Å². The first kappa shape index (κ1) is 10.1. The van der Waals surface area contributed by atoms with Crippen molar-refractivity contribution in [1.82, 2.24) is 0 Å². The fourth-order valence-electron chi connectivity index (χ4n) is 0.756. The molecule has 0 amide bonds. The molecule has 0 fully saturated rings. The number of thioether (sulfide) groups is 1. The van der Waals surface area contributed by atoms with Gasteiger partial charge in [0.25, 0.3) is 0 Å². The Morgan fingerprint density at radius 1 is 1.67 bits per heavy atom. The van der Waals surface area contributed by atoms with Crippen molar-refractivity contribution in [2.45, 2.75) is 11.1 Å². The number of rotatable bonds is 4. The minimum atomic E-state index is 0.0182. The summed E-state index contributed by atoms with van der Waals surface area (Å²) in [6.45, 7) is 2.09. The van der Waals surface area contributed by atoms with E-state index in [0.29, 0.717) is 0 Å². The van der Waals surface area contributed by atoms with E-state index in [1.807, 2.05) is 12.1 Å². The highest BCUT2D eigenvalue weighted by Crippen LogP contribution is 2.27. The number of hydrogen-bond donors (Lipinski definition) is 0. The lowest BCUT2D eigenvalue weighted by Crippen LogP contribution is -1.95. The van der Waals surface area contributed by atoms with Crippen molar-refractivity contribution in [2.24, 2.45) is 0 Å². The van der Waals surface area contributed by atoms with Gasteiger partial charge < -0.3 is 0 Å². The van der Waals surface area contributed by atoms with E-state index in [0.717, 1.165) is 10.6 Å². The number of carbonyl (C=O) groups is 1. The molecule has 0 radical (unpaired) electrons. The molecule has 1 aromatic heterocycles. The summed E-state index contributed by atoms with van der Waals surface area (Å²) < 4.78 is 1.19. The van der Waals surface area contributed by atoms with Crippen LogP contribution in [-0.2, 0) is 0 Å². The monoisotopic (exact) mass is 220 g/mol. The van der Waals surface area contributed by atoms with Crippen molar-refractivity contribution in [1.29, 1.82) is 0 Å². The van der Waals surface area contributed by atoms with Crippen molar-refractivity contribution in [3.05, 3.63) is 17.0 Å². The molecule has 0 aliphatic heterocycles. The second-order valence-electron chi connectivity index (χ2n) is 2.11. The highest BCUT2D eigenvalue weighted by atomic mass is 35.5. The molecule has 0 bridgehead atoms. The third kappa shape index (κ3) is 2.51. The lowest BCUT2D eigenvalue weighted by molar-refractivity contribution is 0.102. The number of hydrogen-bond acceptors (Lipinski definition) is 3. The van der Waals surface area contributed by atoms with Crippen LogP contribution in [-0.4, -0.2) is 17.4 Å². The van der Waals surface area contributed by atoms with Gasteiger partial charge in [-0.15, -0.1) is 34.7 Å². The van der Waals surface area contributed by atoms with Crippen molar-refractivity contribution in [3.63, 3.8) is 0 Å². The van der Waals surface area contributed by atoms with Crippen molar-refractivity contribution in [2.75, 3.05) is 11.6 Å². The second-order valence-corrected chi connectivity index (χ2v) is 5.02. The van der Waals surface area contributed by atoms with Gasteiger partial charge in [0.2, 0.25) is 0 Å². The van der Waals surface area contributed by atoms with Crippen LogP contribution in [0.5, 0.6) is 0 Å². The van der Waals surface area contributed by atoms with Gasteiger partial charge in [0.15, 0.2) is 5.78 Å². The summed E-state index contributed by atoms with van der Waals surface area (Å²) in [4.78, 5) is 11.9. The maximum Gasteiger partial charge on any atom is 0.187 e. The van der Waals surface area contributed by atoms with Crippen LogP contribution < -0.4 is 0 Å². The van der Waals surface area contributed by atoms with Gasteiger partial charge in [0.05, 0.1) is 15.0 Å². The minimum absolute atomic E-state index is 0.0182. The molecule has 0 aromatic carbocycles. The zero-order valence-corrected chi connectivity index (χ0v) is 9.06. The third-order valence-corrected chi connectivity index (χ3v) is 3.74. The molecule has 0 saturated carbocycles. The molecule has 1 aromatic rings. The van der Waals surface area contributed by atoms with Crippen LogP contribution >= 0.6 is 34.7 Å². The second kappa shape index (κ2) is 4.90. The Balaban J connectivity index is 2.70. The molecule has 1 heterocycles. The number of ketones is 1. The van der Waals surface area contributed by atoms with Gasteiger partial charge >= 0.3 is 0 Å². The predicted octanol–water partition coefficient (Wildman–Crippen LogP) is 3.28. The number of halogens is 1.